The summed E-state index contributed by atoms with van der Waals surface area (Å²) in [6.45, 7) is 3.35. The molecule has 0 aliphatic rings. The average molecular weight is 449 g/mol. The van der Waals surface area contributed by atoms with E-state index in [-0.39, 0.29) is 28.3 Å². The summed E-state index contributed by atoms with van der Waals surface area (Å²) in [5.74, 6) is 0.870. The molecule has 0 aliphatic heterocycles. The number of nitrogens with zero attached hydrogens (tertiary/aromatic N) is 3. The highest BCUT2D eigenvalue weighted by Gasteiger charge is 2.16. The Hall–Kier alpha value is -3.16. The highest BCUT2D eigenvalue weighted by molar-refractivity contribution is 7.70. The fourth-order valence-electron chi connectivity index (χ4n) is 2.49. The molecule has 3 aromatic rings. The summed E-state index contributed by atoms with van der Waals surface area (Å²) in [5, 5.41) is 14.7. The first kappa shape index (κ1) is 21.5. The zero-order valence-corrected chi connectivity index (χ0v) is 18.0. The Labute approximate surface area is 177 Å². The summed E-state index contributed by atoms with van der Waals surface area (Å²) in [4.78, 5) is 18.8. The maximum Gasteiger partial charge on any atom is 0.273 e. The van der Waals surface area contributed by atoms with Crippen LogP contribution in [0.1, 0.15) is 0 Å². The summed E-state index contributed by atoms with van der Waals surface area (Å²) < 4.78 is 23.3. The number of hydrogen-bond acceptors (Lipinski definition) is 8. The summed E-state index contributed by atoms with van der Waals surface area (Å²) in [7, 11) is -0.949. The van der Waals surface area contributed by atoms with Crippen molar-refractivity contribution in [3.8, 4) is 17.4 Å². The van der Waals surface area contributed by atoms with E-state index in [0.717, 1.165) is 0 Å². The number of ether oxygens (including phenoxy) is 2. The van der Waals surface area contributed by atoms with Gasteiger partial charge in [0, 0.05) is 11.4 Å². The lowest BCUT2D eigenvalue weighted by molar-refractivity contribution is -0.384. The first-order valence-electron chi connectivity index (χ1n) is 8.63. The van der Waals surface area contributed by atoms with Gasteiger partial charge in [0.15, 0.2) is 0 Å². The number of halogens is 1. The summed E-state index contributed by atoms with van der Waals surface area (Å²) in [6.07, 6.45) is 1.34. The van der Waals surface area contributed by atoms with Crippen LogP contribution in [0, 0.1) is 10.1 Å². The second kappa shape index (κ2) is 8.69. The molecular formula is C19H18ClN4O5P. The number of aromatic nitrogens is 2. The van der Waals surface area contributed by atoms with Gasteiger partial charge in [-0.2, -0.15) is 4.98 Å². The van der Waals surface area contributed by atoms with E-state index in [4.69, 9.17) is 21.1 Å². The van der Waals surface area contributed by atoms with Gasteiger partial charge in [-0.05, 0) is 37.6 Å². The van der Waals surface area contributed by atoms with Crippen LogP contribution in [0.25, 0.3) is 0 Å². The number of benzene rings is 2. The number of anilines is 2. The molecule has 0 bridgehead atoms. The smallest absolute Gasteiger partial charge is 0.273 e. The molecule has 0 spiro atoms. The van der Waals surface area contributed by atoms with Crippen LogP contribution in [0.5, 0.6) is 17.4 Å². The Morgan fingerprint density at radius 3 is 2.63 bits per heavy atom. The standard InChI is InChI=1S/C19H18ClN4O5P/c1-28-17-10-14(30(2,3)27)7-8-16(17)22-19-21-11-15(20)18(23-19)29-13-6-4-5-12(9-13)24(25)26/h4-11H,1-3H3,(H,21,22,23). The molecule has 0 unspecified atom stereocenters. The summed E-state index contributed by atoms with van der Waals surface area (Å²) in [5.41, 5.74) is 0.434. The lowest BCUT2D eigenvalue weighted by Crippen LogP contribution is -2.06. The van der Waals surface area contributed by atoms with Gasteiger partial charge in [-0.25, -0.2) is 4.98 Å². The Bertz CT molecular complexity index is 1150. The van der Waals surface area contributed by atoms with Crippen molar-refractivity contribution in [2.75, 3.05) is 25.8 Å². The number of nitro groups is 1. The third-order valence-corrected chi connectivity index (χ3v) is 5.79. The first-order chi connectivity index (χ1) is 14.2. The Morgan fingerprint density at radius 2 is 1.97 bits per heavy atom. The molecule has 0 aliphatic carbocycles. The van der Waals surface area contributed by atoms with E-state index in [1.54, 1.807) is 37.6 Å². The van der Waals surface area contributed by atoms with Gasteiger partial charge in [-0.15, -0.1) is 0 Å². The van der Waals surface area contributed by atoms with Crippen molar-refractivity contribution >= 4 is 41.4 Å². The predicted octanol–water partition coefficient (Wildman–Crippen LogP) is 4.83. The maximum atomic E-state index is 12.3. The van der Waals surface area contributed by atoms with Crippen molar-refractivity contribution in [2.45, 2.75) is 0 Å². The molecule has 0 fully saturated rings. The van der Waals surface area contributed by atoms with E-state index < -0.39 is 12.1 Å². The van der Waals surface area contributed by atoms with Crippen molar-refractivity contribution in [3.05, 3.63) is 63.8 Å². The molecule has 0 amide bonds. The SMILES string of the molecule is COc1cc(P(C)(C)=O)ccc1Nc1ncc(Cl)c(Oc2cccc([N+](=O)[O-])c2)n1. The molecule has 1 N–H and O–H groups in total. The first-order valence-corrected chi connectivity index (χ1v) is 11.6. The van der Waals surface area contributed by atoms with E-state index in [2.05, 4.69) is 15.3 Å². The molecule has 0 saturated heterocycles. The van der Waals surface area contributed by atoms with E-state index in [0.29, 0.717) is 16.7 Å². The lowest BCUT2D eigenvalue weighted by atomic mass is 10.3. The predicted molar refractivity (Wildman–Crippen MR) is 116 cm³/mol. The maximum absolute atomic E-state index is 12.3. The van der Waals surface area contributed by atoms with Crippen molar-refractivity contribution in [1.29, 1.82) is 0 Å². The zero-order valence-electron chi connectivity index (χ0n) is 16.3. The molecular weight excluding hydrogens is 431 g/mol. The molecule has 3 rings (SSSR count). The second-order valence-corrected chi connectivity index (χ2v) is 10.2. The Balaban J connectivity index is 1.88. The minimum absolute atomic E-state index is 0.0249. The van der Waals surface area contributed by atoms with Crippen LogP contribution < -0.4 is 20.1 Å². The molecule has 156 valence electrons. The van der Waals surface area contributed by atoms with Gasteiger partial charge in [-0.3, -0.25) is 10.1 Å². The lowest BCUT2D eigenvalue weighted by Gasteiger charge is -2.14. The largest absolute Gasteiger partial charge is 0.495 e. The van der Waals surface area contributed by atoms with E-state index >= 15 is 0 Å². The second-order valence-electron chi connectivity index (χ2n) is 6.56. The highest BCUT2D eigenvalue weighted by atomic mass is 35.5. The molecule has 0 atom stereocenters. The topological polar surface area (TPSA) is 116 Å². The Morgan fingerprint density at radius 1 is 1.20 bits per heavy atom. The number of rotatable bonds is 7. The minimum atomic E-state index is -2.45. The van der Waals surface area contributed by atoms with Gasteiger partial charge in [0.2, 0.25) is 11.8 Å². The third-order valence-electron chi connectivity index (χ3n) is 4.01. The van der Waals surface area contributed by atoms with E-state index in [1.807, 2.05) is 0 Å². The van der Waals surface area contributed by atoms with Crippen LogP contribution in [0.4, 0.5) is 17.3 Å². The minimum Gasteiger partial charge on any atom is -0.495 e. The number of non-ortho nitro benzene ring substituents is 1. The molecule has 11 heteroatoms. The van der Waals surface area contributed by atoms with Gasteiger partial charge in [0.1, 0.15) is 23.7 Å². The molecule has 0 radical (unpaired) electrons. The van der Waals surface area contributed by atoms with Crippen molar-refractivity contribution in [3.63, 3.8) is 0 Å². The molecule has 30 heavy (non-hydrogen) atoms. The van der Waals surface area contributed by atoms with Gasteiger partial charge in [0.25, 0.3) is 5.69 Å². The monoisotopic (exact) mass is 448 g/mol. The van der Waals surface area contributed by atoms with E-state index in [1.165, 1.54) is 31.5 Å². The number of nitro benzene ring substituents is 1. The molecule has 0 saturated carbocycles. The number of nitrogens with one attached hydrogen (secondary N) is 1. The van der Waals surface area contributed by atoms with Crippen molar-refractivity contribution in [2.24, 2.45) is 0 Å². The van der Waals surface area contributed by atoms with Crippen LogP contribution >= 0.6 is 18.7 Å². The summed E-state index contributed by atoms with van der Waals surface area (Å²) in [6, 6.07) is 10.8. The van der Waals surface area contributed by atoms with Crippen molar-refractivity contribution < 1.29 is 19.0 Å². The quantitative estimate of drug-likeness (QED) is 0.310. The van der Waals surface area contributed by atoms with Crippen molar-refractivity contribution in [1.82, 2.24) is 9.97 Å². The molecule has 9 nitrogen and oxygen atoms in total. The summed E-state index contributed by atoms with van der Waals surface area (Å²) >= 11 is 6.11. The molecule has 2 aromatic carbocycles. The third kappa shape index (κ3) is 5.06. The Kier molecular flexibility index (Phi) is 6.24. The van der Waals surface area contributed by atoms with Crippen LogP contribution in [-0.4, -0.2) is 35.3 Å². The van der Waals surface area contributed by atoms with Gasteiger partial charge < -0.3 is 19.4 Å². The fraction of sp³-hybridized carbons (Fsp3) is 0.158. The van der Waals surface area contributed by atoms with Crippen LogP contribution in [0.2, 0.25) is 5.02 Å². The number of hydrogen-bond donors (Lipinski definition) is 1. The van der Waals surface area contributed by atoms with Crippen LogP contribution in [0.3, 0.4) is 0 Å². The highest BCUT2D eigenvalue weighted by Crippen LogP contribution is 2.38. The van der Waals surface area contributed by atoms with Gasteiger partial charge in [0.05, 0.1) is 30.0 Å². The zero-order chi connectivity index (χ0) is 21.9. The average Bonchev–Trinajstić information content (AvgIpc) is 2.70. The molecule has 1 aromatic heterocycles. The number of methoxy groups -OCH3 is 1. The van der Waals surface area contributed by atoms with Gasteiger partial charge in [-0.1, -0.05) is 17.7 Å². The molecule has 1 heterocycles. The van der Waals surface area contributed by atoms with Crippen LogP contribution in [-0.2, 0) is 4.57 Å². The fourth-order valence-corrected chi connectivity index (χ4v) is 3.49. The van der Waals surface area contributed by atoms with Gasteiger partial charge >= 0.3 is 0 Å². The normalized spacial score (nSPS) is 11.1. The van der Waals surface area contributed by atoms with E-state index in [9.17, 15) is 14.7 Å². The van der Waals surface area contributed by atoms with Crippen LogP contribution in [0.15, 0.2) is 48.7 Å².